The van der Waals surface area contributed by atoms with Crippen LogP contribution in [0, 0.1) is 0 Å². The van der Waals surface area contributed by atoms with Crippen molar-refractivity contribution in [3.8, 4) is 5.75 Å². The second kappa shape index (κ2) is 7.39. The molecule has 1 aromatic carbocycles. The van der Waals surface area contributed by atoms with Crippen LogP contribution in [-0.4, -0.2) is 29.6 Å². The van der Waals surface area contributed by atoms with Crippen LogP contribution >= 0.6 is 11.8 Å². The van der Waals surface area contributed by atoms with E-state index in [1.165, 1.54) is 16.9 Å². The molecule has 0 radical (unpaired) electrons. The number of methoxy groups -OCH3 is 1. The number of hydrogen-bond donors (Lipinski definition) is 1. The lowest BCUT2D eigenvalue weighted by Crippen LogP contribution is -2.17. The number of nitrogens with zero attached hydrogens (tertiary/aromatic N) is 1. The molecule has 108 valence electrons. The quantitative estimate of drug-likeness (QED) is 0.775. The highest BCUT2D eigenvalue weighted by Gasteiger charge is 2.07. The van der Waals surface area contributed by atoms with Gasteiger partial charge in [-0.25, -0.2) is 4.98 Å². The number of hydrogen-bond acceptors (Lipinski definition) is 4. The number of anilines is 1. The number of ether oxygens (including phenoxy) is 1. The molecule has 1 heterocycles. The van der Waals surface area contributed by atoms with E-state index in [4.69, 9.17) is 4.74 Å². The number of benzene rings is 1. The van der Waals surface area contributed by atoms with Crippen molar-refractivity contribution in [2.45, 2.75) is 26.3 Å². The van der Waals surface area contributed by atoms with Gasteiger partial charge in [0.05, 0.1) is 7.11 Å². The summed E-state index contributed by atoms with van der Waals surface area (Å²) in [5, 5.41) is 5.81. The molecule has 1 N–H and O–H groups in total. The maximum Gasteiger partial charge on any atom is 0.134 e. The molecular weight excluding hydrogens is 268 g/mol. The third kappa shape index (κ3) is 3.79. The molecule has 0 aliphatic carbocycles. The number of rotatable bonds is 7. The first-order chi connectivity index (χ1) is 9.74. The van der Waals surface area contributed by atoms with Crippen molar-refractivity contribution >= 4 is 28.4 Å². The summed E-state index contributed by atoms with van der Waals surface area (Å²) >= 11 is 1.98. The molecule has 0 fully saturated rings. The third-order valence-corrected chi connectivity index (χ3v) is 4.19. The fraction of sp³-hybridized carbons (Fsp3) is 0.438. The Hall–Kier alpha value is -1.42. The second-order valence-corrected chi connectivity index (χ2v) is 6.17. The average Bonchev–Trinajstić information content (AvgIpc) is 2.47. The van der Waals surface area contributed by atoms with Gasteiger partial charge in [-0.2, -0.15) is 11.8 Å². The van der Waals surface area contributed by atoms with Crippen LogP contribution in [0.1, 0.15) is 20.3 Å². The van der Waals surface area contributed by atoms with E-state index in [0.717, 1.165) is 23.4 Å². The Morgan fingerprint density at radius 3 is 2.95 bits per heavy atom. The van der Waals surface area contributed by atoms with Crippen molar-refractivity contribution < 1.29 is 4.74 Å². The van der Waals surface area contributed by atoms with E-state index in [1.54, 1.807) is 7.11 Å². The second-order valence-electron chi connectivity index (χ2n) is 4.78. The molecular formula is C16H22N2OS. The molecule has 20 heavy (non-hydrogen) atoms. The highest BCUT2D eigenvalue weighted by molar-refractivity contribution is 7.99. The topological polar surface area (TPSA) is 34.2 Å². The van der Waals surface area contributed by atoms with Crippen molar-refractivity contribution in [3.05, 3.63) is 30.5 Å². The van der Waals surface area contributed by atoms with Gasteiger partial charge in [-0.3, -0.25) is 0 Å². The normalized spacial score (nSPS) is 12.3. The van der Waals surface area contributed by atoms with Gasteiger partial charge in [-0.1, -0.05) is 13.0 Å². The van der Waals surface area contributed by atoms with Crippen molar-refractivity contribution in [2.24, 2.45) is 0 Å². The van der Waals surface area contributed by atoms with Gasteiger partial charge >= 0.3 is 0 Å². The number of fused-ring (bicyclic) bond motifs is 1. The summed E-state index contributed by atoms with van der Waals surface area (Å²) < 4.78 is 5.30. The fourth-order valence-corrected chi connectivity index (χ4v) is 2.91. The summed E-state index contributed by atoms with van der Waals surface area (Å²) in [6, 6.07) is 8.53. The van der Waals surface area contributed by atoms with E-state index < -0.39 is 0 Å². The highest BCUT2D eigenvalue weighted by atomic mass is 32.2. The monoisotopic (exact) mass is 290 g/mol. The minimum atomic E-state index is 0.415. The smallest absolute Gasteiger partial charge is 0.134 e. The van der Waals surface area contributed by atoms with Crippen LogP contribution < -0.4 is 10.1 Å². The first kappa shape index (κ1) is 15.0. The molecule has 3 nitrogen and oxygen atoms in total. The van der Waals surface area contributed by atoms with Gasteiger partial charge in [0.15, 0.2) is 0 Å². The Labute approximate surface area is 125 Å². The summed E-state index contributed by atoms with van der Waals surface area (Å²) in [6.45, 7) is 4.40. The molecule has 1 atom stereocenters. The van der Waals surface area contributed by atoms with Gasteiger partial charge in [0.25, 0.3) is 0 Å². The molecule has 1 unspecified atom stereocenters. The summed E-state index contributed by atoms with van der Waals surface area (Å²) in [6.07, 6.45) is 2.99. The zero-order valence-electron chi connectivity index (χ0n) is 12.3. The van der Waals surface area contributed by atoms with Crippen molar-refractivity contribution in [1.29, 1.82) is 0 Å². The minimum absolute atomic E-state index is 0.415. The van der Waals surface area contributed by atoms with Crippen LogP contribution in [0.15, 0.2) is 30.5 Å². The molecule has 0 spiro atoms. The predicted octanol–water partition coefficient (Wildman–Crippen LogP) is 4.19. The molecule has 0 saturated carbocycles. The Balaban J connectivity index is 2.16. The Morgan fingerprint density at radius 1 is 1.35 bits per heavy atom. The van der Waals surface area contributed by atoms with E-state index in [-0.39, 0.29) is 0 Å². The summed E-state index contributed by atoms with van der Waals surface area (Å²) in [4.78, 5) is 4.48. The van der Waals surface area contributed by atoms with Crippen molar-refractivity contribution in [1.82, 2.24) is 4.98 Å². The summed E-state index contributed by atoms with van der Waals surface area (Å²) in [5.74, 6) is 4.16. The Morgan fingerprint density at radius 2 is 2.20 bits per heavy atom. The number of pyridine rings is 1. The number of nitrogens with one attached hydrogen (secondary N) is 1. The zero-order chi connectivity index (χ0) is 14.4. The minimum Gasteiger partial charge on any atom is -0.497 e. The third-order valence-electron chi connectivity index (χ3n) is 3.26. The lowest BCUT2D eigenvalue weighted by atomic mass is 10.1. The van der Waals surface area contributed by atoms with E-state index in [0.29, 0.717) is 6.04 Å². The molecule has 4 heteroatoms. The maximum atomic E-state index is 5.30. The summed E-state index contributed by atoms with van der Waals surface area (Å²) in [7, 11) is 1.69. The van der Waals surface area contributed by atoms with Crippen LogP contribution in [0.3, 0.4) is 0 Å². The SMILES string of the molecule is CCSCCC(C)Nc1nccc2ccc(OC)cc12. The molecule has 1 aromatic heterocycles. The van der Waals surface area contributed by atoms with Crippen LogP contribution in [0.25, 0.3) is 10.8 Å². The maximum absolute atomic E-state index is 5.30. The lowest BCUT2D eigenvalue weighted by molar-refractivity contribution is 0.415. The highest BCUT2D eigenvalue weighted by Crippen LogP contribution is 2.26. The molecule has 2 aromatic rings. The van der Waals surface area contributed by atoms with Crippen LogP contribution in [0.5, 0.6) is 5.75 Å². The number of thioether (sulfide) groups is 1. The van der Waals surface area contributed by atoms with E-state index >= 15 is 0 Å². The van der Waals surface area contributed by atoms with Crippen molar-refractivity contribution in [2.75, 3.05) is 23.9 Å². The van der Waals surface area contributed by atoms with E-state index in [2.05, 4.69) is 30.2 Å². The van der Waals surface area contributed by atoms with Crippen LogP contribution in [0.4, 0.5) is 5.82 Å². The molecule has 0 amide bonds. The molecule has 0 bridgehead atoms. The predicted molar refractivity (Wildman–Crippen MR) is 89.0 cm³/mol. The average molecular weight is 290 g/mol. The molecule has 0 aliphatic heterocycles. The van der Waals surface area contributed by atoms with Gasteiger partial charge in [0.1, 0.15) is 11.6 Å². The van der Waals surface area contributed by atoms with Gasteiger partial charge in [0, 0.05) is 17.6 Å². The largest absolute Gasteiger partial charge is 0.497 e. The Kier molecular flexibility index (Phi) is 5.53. The lowest BCUT2D eigenvalue weighted by Gasteiger charge is -2.16. The molecule has 0 aliphatic rings. The van der Waals surface area contributed by atoms with Gasteiger partial charge in [0.2, 0.25) is 0 Å². The fourth-order valence-electron chi connectivity index (χ4n) is 2.10. The van der Waals surface area contributed by atoms with Gasteiger partial charge in [-0.05, 0) is 48.4 Å². The van der Waals surface area contributed by atoms with E-state index in [1.807, 2.05) is 36.2 Å². The number of aromatic nitrogens is 1. The first-order valence-electron chi connectivity index (χ1n) is 7.01. The van der Waals surface area contributed by atoms with Gasteiger partial charge < -0.3 is 10.1 Å². The first-order valence-corrected chi connectivity index (χ1v) is 8.17. The standard InChI is InChI=1S/C16H22N2OS/c1-4-20-10-8-12(2)18-16-15-11-14(19-3)6-5-13(15)7-9-17-16/h5-7,9,11-12H,4,8,10H2,1-3H3,(H,17,18). The van der Waals surface area contributed by atoms with Gasteiger partial charge in [-0.15, -0.1) is 0 Å². The molecule has 0 saturated heterocycles. The molecule has 2 rings (SSSR count). The Bertz CT molecular complexity index is 559. The zero-order valence-corrected chi connectivity index (χ0v) is 13.2. The summed E-state index contributed by atoms with van der Waals surface area (Å²) in [5.41, 5.74) is 0. The van der Waals surface area contributed by atoms with Crippen LogP contribution in [-0.2, 0) is 0 Å². The van der Waals surface area contributed by atoms with Crippen LogP contribution in [0.2, 0.25) is 0 Å². The van der Waals surface area contributed by atoms with Crippen molar-refractivity contribution in [3.63, 3.8) is 0 Å². The van der Waals surface area contributed by atoms with E-state index in [9.17, 15) is 0 Å².